The van der Waals surface area contributed by atoms with Gasteiger partial charge in [-0.3, -0.25) is 0 Å². The van der Waals surface area contributed by atoms with Gasteiger partial charge in [-0.05, 0) is 103 Å². The van der Waals surface area contributed by atoms with Crippen LogP contribution >= 0.6 is 0 Å². The number of furan rings is 1. The third kappa shape index (κ3) is 7.53. The summed E-state index contributed by atoms with van der Waals surface area (Å²) in [7, 11) is 0. The molecule has 255 valence electrons. The van der Waals surface area contributed by atoms with Crippen LogP contribution in [0, 0.1) is 59.2 Å². The Balaban J connectivity index is 0.000000321. The van der Waals surface area contributed by atoms with E-state index in [2.05, 4.69) is 22.1 Å². The van der Waals surface area contributed by atoms with Gasteiger partial charge in [0, 0.05) is 65.3 Å². The molecule has 0 atom stereocenters. The topological polar surface area (TPSA) is 38.9 Å². The molecular formula is C46H44IrN2O-2. The van der Waals surface area contributed by atoms with Crippen molar-refractivity contribution < 1.29 is 51.9 Å². The molecule has 0 N–H and O–H groups in total. The van der Waals surface area contributed by atoms with Gasteiger partial charge in [0.15, 0.2) is 0 Å². The summed E-state index contributed by atoms with van der Waals surface area (Å²) in [5.74, 6) is -0.269. The van der Waals surface area contributed by atoms with Gasteiger partial charge in [-0.1, -0.05) is 91.5 Å². The minimum absolute atomic E-state index is 0. The molecule has 3 aromatic heterocycles. The summed E-state index contributed by atoms with van der Waals surface area (Å²) in [6, 6.07) is 24.7. The van der Waals surface area contributed by atoms with E-state index in [1.54, 1.807) is 18.2 Å². The van der Waals surface area contributed by atoms with Crippen LogP contribution in [0.25, 0.3) is 55.6 Å². The predicted molar refractivity (Wildman–Crippen MR) is 204 cm³/mol. The molecular weight excluding hydrogens is 789 g/mol. The summed E-state index contributed by atoms with van der Waals surface area (Å²) in [4.78, 5) is 8.47. The van der Waals surface area contributed by atoms with Crippen molar-refractivity contribution in [3.8, 4) is 33.6 Å². The van der Waals surface area contributed by atoms with Crippen LogP contribution in [0.2, 0.25) is 0 Å². The van der Waals surface area contributed by atoms with E-state index >= 15 is 0 Å². The normalized spacial score (nSPS) is 20.6. The van der Waals surface area contributed by atoms with Crippen molar-refractivity contribution in [3.05, 3.63) is 142 Å². The van der Waals surface area contributed by atoms with E-state index in [0.29, 0.717) is 29.5 Å². The van der Waals surface area contributed by atoms with Gasteiger partial charge in [-0.25, -0.2) is 0 Å². The molecule has 3 heterocycles. The number of hydrogen-bond donors (Lipinski definition) is 0. The number of nitrogens with zero attached hydrogens (tertiary/aromatic N) is 2. The fourth-order valence-electron chi connectivity index (χ4n) is 6.16. The molecule has 8 rings (SSSR count). The molecule has 0 spiro atoms. The molecule has 1 saturated carbocycles. The maximum atomic E-state index is 8.85. The molecule has 1 aliphatic carbocycles. The zero-order valence-electron chi connectivity index (χ0n) is 46.7. The Labute approximate surface area is 338 Å². The average molecular weight is 853 g/mol. The molecule has 1 radical (unpaired) electrons. The van der Waals surface area contributed by atoms with E-state index in [-0.39, 0.29) is 104 Å². The quantitative estimate of drug-likeness (QED) is 0.162. The maximum absolute atomic E-state index is 8.85. The smallest absolute Gasteiger partial charge is 0.123 e. The first kappa shape index (κ1) is 18.2. The number of aryl methyl sites for hydroxylation is 6. The number of benzene rings is 4. The van der Waals surface area contributed by atoms with E-state index in [1.165, 1.54) is 60.8 Å². The summed E-state index contributed by atoms with van der Waals surface area (Å²) < 4.78 is 165. The monoisotopic (exact) mass is 853 g/mol. The van der Waals surface area contributed by atoms with Gasteiger partial charge in [-0.15, -0.1) is 53.6 Å². The second-order valence-corrected chi connectivity index (χ2v) is 12.0. The molecule has 0 amide bonds. The number of aromatic nitrogens is 2. The Morgan fingerprint density at radius 1 is 0.700 bits per heavy atom. The first-order chi connectivity index (χ1) is 31.8. The molecule has 0 saturated heterocycles. The second kappa shape index (κ2) is 15.3. The van der Waals surface area contributed by atoms with Crippen LogP contribution in [-0.4, -0.2) is 9.97 Å². The van der Waals surface area contributed by atoms with Crippen molar-refractivity contribution in [2.24, 2.45) is 5.92 Å². The first-order valence-corrected chi connectivity index (χ1v) is 15.8. The van der Waals surface area contributed by atoms with E-state index < -0.39 is 47.5 Å². The van der Waals surface area contributed by atoms with Crippen LogP contribution in [-0.2, 0) is 26.5 Å². The number of pyridine rings is 2. The fraction of sp³-hybridized carbons (Fsp3) is 0.261. The van der Waals surface area contributed by atoms with Crippen LogP contribution in [0.3, 0.4) is 0 Å². The second-order valence-electron chi connectivity index (χ2n) is 12.0. The fourth-order valence-corrected chi connectivity index (χ4v) is 6.16. The van der Waals surface area contributed by atoms with Crippen molar-refractivity contribution in [2.75, 3.05) is 0 Å². The Morgan fingerprint density at radius 3 is 2.26 bits per heavy atom. The Kier molecular flexibility index (Phi) is 5.56. The summed E-state index contributed by atoms with van der Waals surface area (Å²) >= 11 is 0. The Hall–Kier alpha value is -4.37. The van der Waals surface area contributed by atoms with Crippen LogP contribution in [0.4, 0.5) is 0 Å². The van der Waals surface area contributed by atoms with Crippen LogP contribution in [0.15, 0.2) is 95.7 Å². The van der Waals surface area contributed by atoms with Gasteiger partial charge in [0.2, 0.25) is 0 Å². The number of fused-ring (bicyclic) bond motifs is 3. The third-order valence-corrected chi connectivity index (χ3v) is 8.58. The van der Waals surface area contributed by atoms with E-state index in [9.17, 15) is 0 Å². The van der Waals surface area contributed by atoms with Gasteiger partial charge in [0.1, 0.15) is 5.58 Å². The predicted octanol–water partition coefficient (Wildman–Crippen LogP) is 12.2. The molecule has 0 aliphatic heterocycles. The van der Waals surface area contributed by atoms with Gasteiger partial charge >= 0.3 is 0 Å². The van der Waals surface area contributed by atoms with Crippen molar-refractivity contribution in [1.29, 1.82) is 0 Å². The van der Waals surface area contributed by atoms with Crippen LogP contribution < -0.4 is 0 Å². The maximum Gasteiger partial charge on any atom is 0.123 e. The van der Waals surface area contributed by atoms with Crippen LogP contribution in [0.1, 0.15) is 92.0 Å². The van der Waals surface area contributed by atoms with Crippen molar-refractivity contribution >= 4 is 21.9 Å². The van der Waals surface area contributed by atoms with E-state index in [4.69, 9.17) is 31.8 Å². The Bertz CT molecular complexity index is 2940. The summed E-state index contributed by atoms with van der Waals surface area (Å²) in [5, 5.41) is 0.631. The van der Waals surface area contributed by atoms with E-state index in [1.807, 2.05) is 0 Å². The number of hydrogen-bond acceptors (Lipinski definition) is 3. The van der Waals surface area contributed by atoms with Gasteiger partial charge in [0.05, 0.1) is 5.58 Å². The summed E-state index contributed by atoms with van der Waals surface area (Å²) in [6.07, 6.45) is 3.79. The SMILES string of the molecule is [2H]C([2H])([2H])c1c[c-]c(-c2ccc(C([2H])([2H])[2H])cn2)cc1.[2H]C([2H])([2H])c1cc(C([2H])([2H])[2H])c2oc3c(-c4cc(-c5ccc(C([2H])([2H])C6CCCC6)cc5C([2H])([2H])[2H])c(C([2H])([2H])[2H])cn4)[c-]ccc3c2c1.[Ir]. The molecule has 3 nitrogen and oxygen atoms in total. The molecule has 7 aromatic rings. The molecule has 4 heteroatoms. The molecule has 4 aromatic carbocycles. The van der Waals surface area contributed by atoms with Crippen molar-refractivity contribution in [1.82, 2.24) is 9.97 Å². The first-order valence-electron chi connectivity index (χ1n) is 25.8. The number of rotatable bonds is 5. The van der Waals surface area contributed by atoms with Gasteiger partial charge in [-0.2, -0.15) is 0 Å². The molecule has 1 aliphatic rings. The van der Waals surface area contributed by atoms with E-state index in [0.717, 1.165) is 25.1 Å². The van der Waals surface area contributed by atoms with Gasteiger partial charge in [0.25, 0.3) is 0 Å². The minimum Gasteiger partial charge on any atom is -0.500 e. The standard InChI is InChI=1S/C33H32NO.C13H12N.Ir/c1-20-14-22(3)32-30(15-20)27-10-7-11-28(33(27)35-32)31-18-29(23(4)19-34-31)26-13-12-25(16-21(26)2)17-24-8-5-6-9-24;1-10-3-6-12(7-4-10)13-8-5-11(2)9-14-13;/h7,10,12-16,18-19,24H,5-6,8-9,17H2,1-4H3;3-6,8-9H,1-2H3;/q2*-1;/i1D3,2D3,3D3,4D3,17D2;1D3,2D3;. The molecule has 1 fully saturated rings. The zero-order valence-corrected chi connectivity index (χ0v) is 29.1. The van der Waals surface area contributed by atoms with Crippen molar-refractivity contribution in [3.63, 3.8) is 0 Å². The van der Waals surface area contributed by atoms with Gasteiger partial charge < -0.3 is 14.4 Å². The third-order valence-electron chi connectivity index (χ3n) is 8.58. The zero-order chi connectivity index (χ0) is 50.9. The Morgan fingerprint density at radius 2 is 1.52 bits per heavy atom. The largest absolute Gasteiger partial charge is 0.500 e. The summed E-state index contributed by atoms with van der Waals surface area (Å²) in [5.41, 5.74) is 1.41. The van der Waals surface area contributed by atoms with Crippen LogP contribution in [0.5, 0.6) is 0 Å². The summed E-state index contributed by atoms with van der Waals surface area (Å²) in [6.45, 7) is -15.1. The molecule has 0 unspecified atom stereocenters. The van der Waals surface area contributed by atoms with Crippen molar-refractivity contribution in [2.45, 2.75) is 73.2 Å². The average Bonchev–Trinajstić information content (AvgIpc) is 3.94. The molecule has 50 heavy (non-hydrogen) atoms. The minimum atomic E-state index is -2.73. The molecule has 0 bridgehead atoms.